The van der Waals surface area contributed by atoms with Gasteiger partial charge in [-0.25, -0.2) is 9.97 Å². The van der Waals surface area contributed by atoms with Gasteiger partial charge < -0.3 is 0 Å². The van der Waals surface area contributed by atoms with E-state index in [9.17, 15) is 0 Å². The molecule has 3 heteroatoms. The molecule has 3 nitrogen and oxygen atoms in total. The van der Waals surface area contributed by atoms with E-state index in [0.29, 0.717) is 5.82 Å². The van der Waals surface area contributed by atoms with Crippen molar-refractivity contribution in [3.05, 3.63) is 200 Å². The van der Waals surface area contributed by atoms with Gasteiger partial charge in [-0.2, -0.15) is 0 Å². The molecular weight excluding hydrogens is 631 g/mol. The molecule has 0 aliphatic heterocycles. The lowest BCUT2D eigenvalue weighted by Crippen LogP contribution is -1.97. The minimum atomic E-state index is 0.702. The smallest absolute Gasteiger partial charge is 0.160 e. The third-order valence-electron chi connectivity index (χ3n) is 9.65. The first-order valence-electron chi connectivity index (χ1n) is 17.5. The molecule has 0 atom stereocenters. The number of rotatable bonds is 7. The summed E-state index contributed by atoms with van der Waals surface area (Å²) >= 11 is 0. The molecule has 2 heterocycles. The van der Waals surface area contributed by atoms with Crippen LogP contribution >= 0.6 is 0 Å². The molecule has 52 heavy (non-hydrogen) atoms. The maximum atomic E-state index is 5.21. The van der Waals surface area contributed by atoms with Crippen LogP contribution in [0.15, 0.2) is 200 Å². The summed E-state index contributed by atoms with van der Waals surface area (Å²) in [5, 5.41) is 2.33. The van der Waals surface area contributed by atoms with Gasteiger partial charge in [-0.1, -0.05) is 176 Å². The fourth-order valence-corrected chi connectivity index (χ4v) is 7.02. The molecule has 0 spiro atoms. The van der Waals surface area contributed by atoms with Crippen LogP contribution in [0.2, 0.25) is 0 Å². The highest BCUT2D eigenvalue weighted by atomic mass is 14.9. The van der Waals surface area contributed by atoms with Crippen molar-refractivity contribution in [3.63, 3.8) is 0 Å². The number of aromatic nitrogens is 3. The quantitative estimate of drug-likeness (QED) is 0.170. The fourth-order valence-electron chi connectivity index (χ4n) is 7.02. The van der Waals surface area contributed by atoms with Crippen molar-refractivity contribution in [3.8, 4) is 78.4 Å². The van der Waals surface area contributed by atoms with Crippen molar-refractivity contribution in [2.45, 2.75) is 0 Å². The van der Waals surface area contributed by atoms with Crippen molar-refractivity contribution < 1.29 is 0 Å². The minimum absolute atomic E-state index is 0.702. The van der Waals surface area contributed by atoms with Gasteiger partial charge in [-0.05, 0) is 67.4 Å². The first-order valence-corrected chi connectivity index (χ1v) is 17.5. The van der Waals surface area contributed by atoms with Crippen LogP contribution in [-0.2, 0) is 0 Å². The molecule has 0 aliphatic carbocycles. The Balaban J connectivity index is 1.12. The van der Waals surface area contributed by atoms with Gasteiger partial charge in [0.2, 0.25) is 0 Å². The highest BCUT2D eigenvalue weighted by Gasteiger charge is 2.17. The van der Waals surface area contributed by atoms with Gasteiger partial charge in [0, 0.05) is 29.1 Å². The maximum Gasteiger partial charge on any atom is 0.160 e. The van der Waals surface area contributed by atoms with Gasteiger partial charge in [0.1, 0.15) is 0 Å². The van der Waals surface area contributed by atoms with Gasteiger partial charge in [-0.15, -0.1) is 0 Å². The van der Waals surface area contributed by atoms with E-state index in [2.05, 4.69) is 169 Å². The van der Waals surface area contributed by atoms with Crippen LogP contribution in [0.25, 0.3) is 89.2 Å². The Labute approximate surface area is 303 Å². The normalized spacial score (nSPS) is 11.1. The molecule has 9 aromatic rings. The van der Waals surface area contributed by atoms with Crippen LogP contribution in [0.1, 0.15) is 0 Å². The lowest BCUT2D eigenvalue weighted by atomic mass is 9.92. The van der Waals surface area contributed by atoms with Crippen molar-refractivity contribution in [1.29, 1.82) is 0 Å². The molecule has 0 N–H and O–H groups in total. The summed E-state index contributed by atoms with van der Waals surface area (Å²) in [4.78, 5) is 14.6. The largest absolute Gasteiger partial charge is 0.264 e. The van der Waals surface area contributed by atoms with Crippen LogP contribution < -0.4 is 0 Å². The van der Waals surface area contributed by atoms with Gasteiger partial charge in [0.05, 0.1) is 11.4 Å². The van der Waals surface area contributed by atoms with Crippen LogP contribution in [0.3, 0.4) is 0 Å². The Morgan fingerprint density at radius 1 is 0.288 bits per heavy atom. The first-order chi connectivity index (χ1) is 25.8. The standard InChI is InChI=1S/C49H33N3/c1-3-12-37(13-4-1)41-17-7-10-20-45(41)47-32-48(52-49(51-47)39-14-5-2-6-15-39)46-30-29-42(43-18-8-9-19-44(43)46)38-27-25-35(26-28-38)34-21-23-36(24-22-34)40-16-11-31-50-33-40/h1-33H. The molecule has 0 saturated carbocycles. The molecule has 0 bridgehead atoms. The van der Waals surface area contributed by atoms with E-state index in [1.165, 1.54) is 27.6 Å². The van der Waals surface area contributed by atoms with Crippen LogP contribution in [0.5, 0.6) is 0 Å². The average Bonchev–Trinajstić information content (AvgIpc) is 3.24. The SMILES string of the molecule is c1ccc(-c2nc(-c3ccccc3-c3ccccc3)cc(-c3ccc(-c4ccc(-c5ccc(-c6cccnc6)cc5)cc4)c4ccccc34)n2)cc1. The first kappa shape index (κ1) is 31.0. The maximum absolute atomic E-state index is 5.21. The summed E-state index contributed by atoms with van der Waals surface area (Å²) in [6.07, 6.45) is 3.70. The lowest BCUT2D eigenvalue weighted by Gasteiger charge is -2.15. The second-order valence-electron chi connectivity index (χ2n) is 12.8. The zero-order valence-corrected chi connectivity index (χ0v) is 28.4. The summed E-state index contributed by atoms with van der Waals surface area (Å²) in [6, 6.07) is 66.1. The topological polar surface area (TPSA) is 38.7 Å². The van der Waals surface area contributed by atoms with Crippen LogP contribution in [-0.4, -0.2) is 15.0 Å². The molecule has 0 amide bonds. The molecule has 0 saturated heterocycles. The monoisotopic (exact) mass is 663 g/mol. The van der Waals surface area contributed by atoms with Gasteiger partial charge in [-0.3, -0.25) is 4.98 Å². The van der Waals surface area contributed by atoms with Crippen LogP contribution in [0, 0.1) is 0 Å². The van der Waals surface area contributed by atoms with Crippen molar-refractivity contribution in [2.75, 3.05) is 0 Å². The van der Waals surface area contributed by atoms with Gasteiger partial charge in [0.25, 0.3) is 0 Å². The van der Waals surface area contributed by atoms with Crippen LogP contribution in [0.4, 0.5) is 0 Å². The molecule has 0 aliphatic rings. The molecule has 2 aromatic heterocycles. The second-order valence-corrected chi connectivity index (χ2v) is 12.8. The molecule has 0 fully saturated rings. The van der Waals surface area contributed by atoms with Crippen molar-refractivity contribution in [2.24, 2.45) is 0 Å². The number of nitrogens with zero attached hydrogens (tertiary/aromatic N) is 3. The number of hydrogen-bond donors (Lipinski definition) is 0. The van der Waals surface area contributed by atoms with Crippen molar-refractivity contribution in [1.82, 2.24) is 15.0 Å². The van der Waals surface area contributed by atoms with E-state index in [1.807, 2.05) is 30.5 Å². The Bertz CT molecular complexity index is 2630. The van der Waals surface area contributed by atoms with Gasteiger partial charge >= 0.3 is 0 Å². The van der Waals surface area contributed by atoms with Gasteiger partial charge in [0.15, 0.2) is 5.82 Å². The molecule has 9 rings (SSSR count). The van der Waals surface area contributed by atoms with E-state index < -0.39 is 0 Å². The average molecular weight is 664 g/mol. The Kier molecular flexibility index (Phi) is 8.20. The zero-order chi connectivity index (χ0) is 34.7. The summed E-state index contributed by atoms with van der Waals surface area (Å²) < 4.78 is 0. The molecule has 244 valence electrons. The predicted octanol–water partition coefficient (Wildman–Crippen LogP) is 12.7. The van der Waals surface area contributed by atoms with E-state index >= 15 is 0 Å². The third kappa shape index (κ3) is 6.06. The second kappa shape index (κ2) is 13.7. The number of fused-ring (bicyclic) bond motifs is 1. The summed E-state index contributed by atoms with van der Waals surface area (Å²) in [5.41, 5.74) is 14.2. The Morgan fingerprint density at radius 2 is 0.750 bits per heavy atom. The third-order valence-corrected chi connectivity index (χ3v) is 9.65. The molecule has 0 unspecified atom stereocenters. The van der Waals surface area contributed by atoms with E-state index in [-0.39, 0.29) is 0 Å². The molecule has 0 radical (unpaired) electrons. The highest BCUT2D eigenvalue weighted by molar-refractivity contribution is 6.05. The summed E-state index contributed by atoms with van der Waals surface area (Å²) in [7, 11) is 0. The van der Waals surface area contributed by atoms with Crippen molar-refractivity contribution >= 4 is 10.8 Å². The van der Waals surface area contributed by atoms with E-state index in [1.54, 1.807) is 6.20 Å². The predicted molar refractivity (Wildman–Crippen MR) is 215 cm³/mol. The Morgan fingerprint density at radius 3 is 1.38 bits per heavy atom. The number of benzene rings is 7. The molecular formula is C49H33N3. The fraction of sp³-hybridized carbons (Fsp3) is 0. The summed E-state index contributed by atoms with van der Waals surface area (Å²) in [6.45, 7) is 0. The van der Waals surface area contributed by atoms with E-state index in [0.717, 1.165) is 55.7 Å². The van der Waals surface area contributed by atoms with E-state index in [4.69, 9.17) is 9.97 Å². The minimum Gasteiger partial charge on any atom is -0.264 e. The number of hydrogen-bond acceptors (Lipinski definition) is 3. The number of pyridine rings is 1. The summed E-state index contributed by atoms with van der Waals surface area (Å²) in [5.74, 6) is 0.702. The highest BCUT2D eigenvalue weighted by Crippen LogP contribution is 2.39. The zero-order valence-electron chi connectivity index (χ0n) is 28.4. The Hall–Kier alpha value is -6.97. The lowest BCUT2D eigenvalue weighted by molar-refractivity contribution is 1.19. The molecule has 7 aromatic carbocycles.